The maximum Gasteiger partial charge on any atom is 0.122 e. The van der Waals surface area contributed by atoms with E-state index in [9.17, 15) is 0 Å². The molecule has 4 nitrogen and oxygen atoms in total. The lowest BCUT2D eigenvalue weighted by atomic mass is 10.2. The predicted octanol–water partition coefficient (Wildman–Crippen LogP) is 2.16. The van der Waals surface area contributed by atoms with Gasteiger partial charge in [-0.2, -0.15) is 5.26 Å². The number of anilines is 1. The molecule has 0 aromatic carbocycles. The Morgan fingerprint density at radius 1 is 1.47 bits per heavy atom. The first kappa shape index (κ1) is 9.28. The molecule has 2 rings (SSSR count). The summed E-state index contributed by atoms with van der Waals surface area (Å²) in [4.78, 5) is 3.95. The van der Waals surface area contributed by atoms with Crippen molar-refractivity contribution >= 4 is 5.69 Å². The Bertz CT molecular complexity index is 471. The van der Waals surface area contributed by atoms with Crippen LogP contribution < -0.4 is 5.32 Å². The number of furan rings is 1. The van der Waals surface area contributed by atoms with Crippen LogP contribution in [0.15, 0.2) is 41.3 Å². The molecule has 0 amide bonds. The molecule has 0 atom stereocenters. The molecule has 0 saturated heterocycles. The van der Waals surface area contributed by atoms with Crippen LogP contribution in [0.2, 0.25) is 0 Å². The van der Waals surface area contributed by atoms with Crippen molar-refractivity contribution in [2.24, 2.45) is 0 Å². The normalized spacial score (nSPS) is 9.53. The second-order valence-electron chi connectivity index (χ2n) is 2.97. The molecule has 0 spiro atoms. The lowest BCUT2D eigenvalue weighted by Crippen LogP contribution is -2.00. The number of pyridine rings is 1. The Kier molecular flexibility index (Phi) is 2.65. The molecule has 15 heavy (non-hydrogen) atoms. The monoisotopic (exact) mass is 199 g/mol. The molecule has 0 fully saturated rings. The summed E-state index contributed by atoms with van der Waals surface area (Å²) in [6.45, 7) is 0.549. The molecule has 0 unspecified atom stereocenters. The number of nitriles is 1. The Balaban J connectivity index is 2.08. The summed E-state index contributed by atoms with van der Waals surface area (Å²) in [7, 11) is 0. The maximum absolute atomic E-state index is 8.83. The van der Waals surface area contributed by atoms with E-state index >= 15 is 0 Å². The highest BCUT2D eigenvalue weighted by atomic mass is 16.3. The van der Waals surface area contributed by atoms with Gasteiger partial charge in [-0.3, -0.25) is 4.98 Å². The molecule has 4 heteroatoms. The lowest BCUT2D eigenvalue weighted by molar-refractivity contribution is 0.518. The van der Waals surface area contributed by atoms with Gasteiger partial charge in [-0.1, -0.05) is 0 Å². The molecule has 2 aromatic heterocycles. The number of nitrogens with one attached hydrogen (secondary N) is 1. The first-order valence-electron chi connectivity index (χ1n) is 4.50. The summed E-state index contributed by atoms with van der Waals surface area (Å²) < 4.78 is 5.16. The van der Waals surface area contributed by atoms with E-state index in [2.05, 4.69) is 16.4 Å². The van der Waals surface area contributed by atoms with Crippen LogP contribution in [-0.4, -0.2) is 4.98 Å². The van der Waals surface area contributed by atoms with E-state index in [0.29, 0.717) is 12.1 Å². The van der Waals surface area contributed by atoms with Crippen LogP contribution in [0, 0.1) is 11.3 Å². The molecular weight excluding hydrogens is 190 g/mol. The minimum Gasteiger partial charge on any atom is -0.467 e. The second-order valence-corrected chi connectivity index (χ2v) is 2.97. The van der Waals surface area contributed by atoms with Crippen molar-refractivity contribution in [3.63, 3.8) is 0 Å². The molecule has 0 aliphatic carbocycles. The van der Waals surface area contributed by atoms with Crippen molar-refractivity contribution in [1.82, 2.24) is 4.98 Å². The highest BCUT2D eigenvalue weighted by Gasteiger charge is 2.01. The molecule has 0 aliphatic rings. The smallest absolute Gasteiger partial charge is 0.122 e. The van der Waals surface area contributed by atoms with Gasteiger partial charge in [0.2, 0.25) is 0 Å². The van der Waals surface area contributed by atoms with E-state index in [4.69, 9.17) is 9.68 Å². The summed E-state index contributed by atoms with van der Waals surface area (Å²) in [5.41, 5.74) is 1.30. The van der Waals surface area contributed by atoms with Gasteiger partial charge >= 0.3 is 0 Å². The van der Waals surface area contributed by atoms with Crippen molar-refractivity contribution < 1.29 is 4.42 Å². The lowest BCUT2D eigenvalue weighted by Gasteiger charge is -2.04. The molecule has 1 N–H and O–H groups in total. The molecule has 0 bridgehead atoms. The molecule has 2 heterocycles. The summed E-state index contributed by atoms with van der Waals surface area (Å²) >= 11 is 0. The Labute approximate surface area is 87.2 Å². The van der Waals surface area contributed by atoms with Crippen molar-refractivity contribution in [3.05, 3.63) is 48.2 Å². The van der Waals surface area contributed by atoms with E-state index in [1.165, 1.54) is 0 Å². The molecule has 0 saturated carbocycles. The highest BCUT2D eigenvalue weighted by Crippen LogP contribution is 2.13. The van der Waals surface area contributed by atoms with Gasteiger partial charge in [0.25, 0.3) is 0 Å². The number of hydrogen-bond acceptors (Lipinski definition) is 4. The fraction of sp³-hybridized carbons (Fsp3) is 0.0909. The van der Waals surface area contributed by atoms with E-state index < -0.39 is 0 Å². The van der Waals surface area contributed by atoms with Crippen molar-refractivity contribution in [2.75, 3.05) is 5.32 Å². The quantitative estimate of drug-likeness (QED) is 0.822. The van der Waals surface area contributed by atoms with Gasteiger partial charge in [0.1, 0.15) is 11.8 Å². The molecule has 0 aliphatic heterocycles. The summed E-state index contributed by atoms with van der Waals surface area (Å²) in [6.07, 6.45) is 4.84. The topological polar surface area (TPSA) is 61.9 Å². The SMILES string of the molecule is N#Cc1ccncc1NCc1ccco1. The summed E-state index contributed by atoms with van der Waals surface area (Å²) in [5, 5.41) is 11.9. The predicted molar refractivity (Wildman–Crippen MR) is 55.0 cm³/mol. The third kappa shape index (κ3) is 2.15. The van der Waals surface area contributed by atoms with Crippen LogP contribution in [0.25, 0.3) is 0 Å². The van der Waals surface area contributed by atoms with Crippen LogP contribution in [0.1, 0.15) is 11.3 Å². The minimum absolute atomic E-state index is 0.549. The number of rotatable bonds is 3. The average Bonchev–Trinajstić information content (AvgIpc) is 2.79. The van der Waals surface area contributed by atoms with Crippen LogP contribution >= 0.6 is 0 Å². The van der Waals surface area contributed by atoms with Gasteiger partial charge < -0.3 is 9.73 Å². The van der Waals surface area contributed by atoms with Crippen LogP contribution in [-0.2, 0) is 6.54 Å². The van der Waals surface area contributed by atoms with Crippen LogP contribution in [0.4, 0.5) is 5.69 Å². The zero-order chi connectivity index (χ0) is 10.5. The van der Waals surface area contributed by atoms with Crippen LogP contribution in [0.5, 0.6) is 0 Å². The van der Waals surface area contributed by atoms with Crippen molar-refractivity contribution in [3.8, 4) is 6.07 Å². The van der Waals surface area contributed by atoms with Crippen LogP contribution in [0.3, 0.4) is 0 Å². The molecular formula is C11H9N3O. The largest absolute Gasteiger partial charge is 0.467 e. The average molecular weight is 199 g/mol. The summed E-state index contributed by atoms with van der Waals surface area (Å²) in [5.74, 6) is 0.822. The molecule has 74 valence electrons. The van der Waals surface area contributed by atoms with E-state index in [0.717, 1.165) is 11.4 Å². The third-order valence-corrected chi connectivity index (χ3v) is 1.97. The van der Waals surface area contributed by atoms with Gasteiger partial charge in [0.15, 0.2) is 0 Å². The van der Waals surface area contributed by atoms with Crippen molar-refractivity contribution in [1.29, 1.82) is 5.26 Å². The number of aromatic nitrogens is 1. The fourth-order valence-electron chi connectivity index (χ4n) is 1.23. The Morgan fingerprint density at radius 3 is 3.13 bits per heavy atom. The molecule has 2 aromatic rings. The second kappa shape index (κ2) is 4.29. The first-order chi connectivity index (χ1) is 7.40. The van der Waals surface area contributed by atoms with Gasteiger partial charge in [-0.15, -0.1) is 0 Å². The zero-order valence-electron chi connectivity index (χ0n) is 7.97. The van der Waals surface area contributed by atoms with Gasteiger partial charge in [-0.25, -0.2) is 0 Å². The minimum atomic E-state index is 0.549. The zero-order valence-corrected chi connectivity index (χ0v) is 7.97. The summed E-state index contributed by atoms with van der Waals surface area (Å²) in [6, 6.07) is 7.46. The fourth-order valence-corrected chi connectivity index (χ4v) is 1.23. The third-order valence-electron chi connectivity index (χ3n) is 1.97. The number of nitrogens with zero attached hydrogens (tertiary/aromatic N) is 2. The van der Waals surface area contributed by atoms with Gasteiger partial charge in [-0.05, 0) is 18.2 Å². The molecule has 0 radical (unpaired) electrons. The number of hydrogen-bond donors (Lipinski definition) is 1. The van der Waals surface area contributed by atoms with E-state index in [1.807, 2.05) is 12.1 Å². The van der Waals surface area contributed by atoms with Gasteiger partial charge in [0.05, 0.1) is 30.3 Å². The standard InChI is InChI=1S/C11H9N3O/c12-6-9-3-4-13-8-11(9)14-7-10-2-1-5-15-10/h1-5,8,14H,7H2. The van der Waals surface area contributed by atoms with E-state index in [-0.39, 0.29) is 0 Å². The Morgan fingerprint density at radius 2 is 2.40 bits per heavy atom. The first-order valence-corrected chi connectivity index (χ1v) is 4.50. The van der Waals surface area contributed by atoms with Gasteiger partial charge in [0, 0.05) is 6.20 Å². The van der Waals surface area contributed by atoms with E-state index in [1.54, 1.807) is 24.7 Å². The highest BCUT2D eigenvalue weighted by molar-refractivity contribution is 5.55. The Hall–Kier alpha value is -2.28. The van der Waals surface area contributed by atoms with Crippen molar-refractivity contribution in [2.45, 2.75) is 6.54 Å². The maximum atomic E-state index is 8.83.